The van der Waals surface area contributed by atoms with E-state index in [1.807, 2.05) is 0 Å². The van der Waals surface area contributed by atoms with E-state index in [0.717, 1.165) is 10.4 Å². The van der Waals surface area contributed by atoms with Crippen LogP contribution in [0.3, 0.4) is 0 Å². The Labute approximate surface area is 78.4 Å². The van der Waals surface area contributed by atoms with E-state index < -0.39 is 0 Å². The van der Waals surface area contributed by atoms with E-state index in [1.54, 1.807) is 0 Å². The lowest BCUT2D eigenvalue weighted by molar-refractivity contribution is -0.870. The third-order valence-electron chi connectivity index (χ3n) is 2.48. The predicted octanol–water partition coefficient (Wildman–Crippen LogP) is 2.91. The largest absolute Gasteiger partial charge is 0.331 e. The second kappa shape index (κ2) is 5.58. The standard InChI is InChI=1S/C11H26N/c1-6-8-11(7-2)9-10-12(3,4)5/h11H,6-10H2,1-5H3/q+1. The Morgan fingerprint density at radius 1 is 1.00 bits per heavy atom. The van der Waals surface area contributed by atoms with E-state index in [-0.39, 0.29) is 0 Å². The van der Waals surface area contributed by atoms with Gasteiger partial charge in [0, 0.05) is 0 Å². The molecule has 1 unspecified atom stereocenters. The van der Waals surface area contributed by atoms with E-state index in [2.05, 4.69) is 35.0 Å². The van der Waals surface area contributed by atoms with Crippen molar-refractivity contribution in [2.45, 2.75) is 39.5 Å². The molecule has 0 heterocycles. The molecule has 74 valence electrons. The maximum Gasteiger partial charge on any atom is 0.0783 e. The van der Waals surface area contributed by atoms with Crippen LogP contribution in [-0.2, 0) is 0 Å². The average Bonchev–Trinajstić information content (AvgIpc) is 1.96. The summed E-state index contributed by atoms with van der Waals surface area (Å²) in [7, 11) is 6.83. The van der Waals surface area contributed by atoms with Gasteiger partial charge in [-0.15, -0.1) is 0 Å². The SMILES string of the molecule is CCCC(CC)CC[N+](C)(C)C. The number of rotatable bonds is 6. The summed E-state index contributed by atoms with van der Waals surface area (Å²) < 4.78 is 1.11. The zero-order chi connectivity index (χ0) is 9.61. The molecule has 1 nitrogen and oxygen atoms in total. The fourth-order valence-electron chi connectivity index (χ4n) is 1.53. The van der Waals surface area contributed by atoms with Crippen molar-refractivity contribution in [2.75, 3.05) is 27.7 Å². The van der Waals surface area contributed by atoms with Gasteiger partial charge < -0.3 is 4.48 Å². The van der Waals surface area contributed by atoms with Crippen LogP contribution in [-0.4, -0.2) is 32.2 Å². The quantitative estimate of drug-likeness (QED) is 0.540. The molecule has 0 spiro atoms. The van der Waals surface area contributed by atoms with Crippen LogP contribution < -0.4 is 0 Å². The fraction of sp³-hybridized carbons (Fsp3) is 1.00. The first-order valence-electron chi connectivity index (χ1n) is 5.30. The van der Waals surface area contributed by atoms with E-state index in [9.17, 15) is 0 Å². The van der Waals surface area contributed by atoms with Gasteiger partial charge in [-0.2, -0.15) is 0 Å². The zero-order valence-corrected chi connectivity index (χ0v) is 9.56. The minimum Gasteiger partial charge on any atom is -0.331 e. The second-order valence-electron chi connectivity index (χ2n) is 4.87. The molecule has 0 bridgehead atoms. The Bertz CT molecular complexity index is 102. The fourth-order valence-corrected chi connectivity index (χ4v) is 1.53. The van der Waals surface area contributed by atoms with Crippen LogP contribution in [0.2, 0.25) is 0 Å². The monoisotopic (exact) mass is 172 g/mol. The van der Waals surface area contributed by atoms with Crippen LogP contribution in [0.5, 0.6) is 0 Å². The predicted molar refractivity (Wildman–Crippen MR) is 56.2 cm³/mol. The topological polar surface area (TPSA) is 0 Å². The van der Waals surface area contributed by atoms with Gasteiger partial charge in [0.05, 0.1) is 27.7 Å². The lowest BCUT2D eigenvalue weighted by Crippen LogP contribution is -2.36. The van der Waals surface area contributed by atoms with Gasteiger partial charge in [-0.05, 0) is 12.3 Å². The Hall–Kier alpha value is -0.0400. The molecule has 0 rings (SSSR count). The Kier molecular flexibility index (Phi) is 5.56. The van der Waals surface area contributed by atoms with Crippen molar-refractivity contribution < 1.29 is 4.48 Å². The molecular formula is C11H26N+. The van der Waals surface area contributed by atoms with Crippen LogP contribution in [0.1, 0.15) is 39.5 Å². The normalized spacial score (nSPS) is 14.8. The summed E-state index contributed by atoms with van der Waals surface area (Å²) >= 11 is 0. The number of quaternary nitrogens is 1. The summed E-state index contributed by atoms with van der Waals surface area (Å²) in [4.78, 5) is 0. The highest BCUT2D eigenvalue weighted by molar-refractivity contribution is 4.55. The van der Waals surface area contributed by atoms with Gasteiger partial charge >= 0.3 is 0 Å². The molecule has 1 heteroatoms. The first kappa shape index (κ1) is 12.0. The van der Waals surface area contributed by atoms with Crippen LogP contribution in [0.25, 0.3) is 0 Å². The van der Waals surface area contributed by atoms with E-state index >= 15 is 0 Å². The molecule has 0 aromatic heterocycles. The summed E-state index contributed by atoms with van der Waals surface area (Å²) in [6.45, 7) is 5.92. The molecule has 0 aliphatic rings. The smallest absolute Gasteiger partial charge is 0.0783 e. The maximum atomic E-state index is 2.32. The maximum absolute atomic E-state index is 2.32. The Morgan fingerprint density at radius 2 is 1.58 bits per heavy atom. The molecule has 0 N–H and O–H groups in total. The summed E-state index contributed by atoms with van der Waals surface area (Å²) in [6, 6.07) is 0. The molecule has 0 fully saturated rings. The second-order valence-corrected chi connectivity index (χ2v) is 4.87. The first-order chi connectivity index (χ1) is 5.49. The first-order valence-corrected chi connectivity index (χ1v) is 5.30. The Morgan fingerprint density at radius 3 is 1.92 bits per heavy atom. The third kappa shape index (κ3) is 6.66. The highest BCUT2D eigenvalue weighted by Gasteiger charge is 2.11. The number of nitrogens with zero attached hydrogens (tertiary/aromatic N) is 1. The highest BCUT2D eigenvalue weighted by atomic mass is 15.3. The molecule has 1 atom stereocenters. The number of hydrogen-bond acceptors (Lipinski definition) is 0. The van der Waals surface area contributed by atoms with E-state index in [0.29, 0.717) is 0 Å². The van der Waals surface area contributed by atoms with E-state index in [4.69, 9.17) is 0 Å². The van der Waals surface area contributed by atoms with Crippen molar-refractivity contribution in [1.82, 2.24) is 0 Å². The van der Waals surface area contributed by atoms with Crippen LogP contribution in [0.4, 0.5) is 0 Å². The average molecular weight is 172 g/mol. The molecule has 12 heavy (non-hydrogen) atoms. The van der Waals surface area contributed by atoms with Crippen molar-refractivity contribution in [1.29, 1.82) is 0 Å². The third-order valence-corrected chi connectivity index (χ3v) is 2.48. The summed E-state index contributed by atoms with van der Waals surface area (Å²) in [6.07, 6.45) is 5.51. The molecule has 0 aromatic carbocycles. The molecule has 0 aliphatic heterocycles. The van der Waals surface area contributed by atoms with Gasteiger partial charge in [0.2, 0.25) is 0 Å². The molecular weight excluding hydrogens is 146 g/mol. The molecule has 0 radical (unpaired) electrons. The lowest BCUT2D eigenvalue weighted by atomic mass is 9.97. The molecule has 0 aromatic rings. The van der Waals surface area contributed by atoms with Gasteiger partial charge in [0.15, 0.2) is 0 Å². The van der Waals surface area contributed by atoms with Crippen molar-refractivity contribution in [3.8, 4) is 0 Å². The van der Waals surface area contributed by atoms with Gasteiger partial charge in [0.25, 0.3) is 0 Å². The zero-order valence-electron chi connectivity index (χ0n) is 9.56. The molecule has 0 aliphatic carbocycles. The minimum atomic E-state index is 0.965. The van der Waals surface area contributed by atoms with Gasteiger partial charge in [-0.1, -0.05) is 33.1 Å². The molecule has 0 amide bonds. The van der Waals surface area contributed by atoms with Crippen LogP contribution in [0.15, 0.2) is 0 Å². The highest BCUT2D eigenvalue weighted by Crippen LogP contribution is 2.16. The van der Waals surface area contributed by atoms with Gasteiger partial charge in [0.1, 0.15) is 0 Å². The van der Waals surface area contributed by atoms with Crippen LogP contribution in [0, 0.1) is 5.92 Å². The summed E-state index contributed by atoms with van der Waals surface area (Å²) in [5, 5.41) is 0. The molecule has 0 saturated carbocycles. The summed E-state index contributed by atoms with van der Waals surface area (Å²) in [5.74, 6) is 0.965. The Balaban J connectivity index is 3.58. The minimum absolute atomic E-state index is 0.965. The lowest BCUT2D eigenvalue weighted by Gasteiger charge is -2.26. The van der Waals surface area contributed by atoms with Crippen molar-refractivity contribution in [3.05, 3.63) is 0 Å². The van der Waals surface area contributed by atoms with Crippen LogP contribution >= 0.6 is 0 Å². The number of hydrogen-bond donors (Lipinski definition) is 0. The van der Waals surface area contributed by atoms with Crippen molar-refractivity contribution >= 4 is 0 Å². The van der Waals surface area contributed by atoms with E-state index in [1.165, 1.54) is 32.2 Å². The molecule has 0 saturated heterocycles. The van der Waals surface area contributed by atoms with Gasteiger partial charge in [-0.25, -0.2) is 0 Å². The van der Waals surface area contributed by atoms with Crippen molar-refractivity contribution in [3.63, 3.8) is 0 Å². The van der Waals surface area contributed by atoms with Crippen molar-refractivity contribution in [2.24, 2.45) is 5.92 Å². The summed E-state index contributed by atoms with van der Waals surface area (Å²) in [5.41, 5.74) is 0. The van der Waals surface area contributed by atoms with Gasteiger partial charge in [-0.3, -0.25) is 0 Å².